The van der Waals surface area contributed by atoms with Crippen LogP contribution in [0.2, 0.25) is 0 Å². The van der Waals surface area contributed by atoms with Crippen LogP contribution in [0.5, 0.6) is 0 Å². The van der Waals surface area contributed by atoms with Crippen molar-refractivity contribution in [3.8, 4) is 0 Å². The zero-order valence-corrected chi connectivity index (χ0v) is 10.8. The van der Waals surface area contributed by atoms with Crippen molar-refractivity contribution in [2.45, 2.75) is 19.4 Å². The number of benzene rings is 1. The van der Waals surface area contributed by atoms with Crippen LogP contribution in [0.25, 0.3) is 10.9 Å². The van der Waals surface area contributed by atoms with Crippen molar-refractivity contribution in [2.75, 3.05) is 18.5 Å². The number of aromatic nitrogens is 1. The Morgan fingerprint density at radius 1 is 1.33 bits per heavy atom. The van der Waals surface area contributed by atoms with Gasteiger partial charge in [-0.25, -0.2) is 4.98 Å². The molecule has 0 atom stereocenters. The van der Waals surface area contributed by atoms with Gasteiger partial charge >= 0.3 is 0 Å². The third-order valence-electron chi connectivity index (χ3n) is 3.59. The van der Waals surface area contributed by atoms with Crippen molar-refractivity contribution in [1.82, 2.24) is 4.98 Å². The Bertz CT molecular complexity index is 561. The maximum Gasteiger partial charge on any atom is 0.133 e. The monoisotopic (exact) mass is 241 g/mol. The molecule has 94 valence electrons. The normalized spacial score (nSPS) is 15.0. The Morgan fingerprint density at radius 3 is 2.83 bits per heavy atom. The predicted octanol–water partition coefficient (Wildman–Crippen LogP) is 2.54. The molecule has 1 heterocycles. The van der Waals surface area contributed by atoms with Crippen LogP contribution in [0.1, 0.15) is 18.4 Å². The molecule has 3 heteroatoms. The summed E-state index contributed by atoms with van der Waals surface area (Å²) >= 11 is 0. The fraction of sp³-hybridized carbons (Fsp3) is 0.400. The summed E-state index contributed by atoms with van der Waals surface area (Å²) in [4.78, 5) is 7.03. The van der Waals surface area contributed by atoms with E-state index in [4.69, 9.17) is 10.7 Å². The molecule has 1 aliphatic carbocycles. The van der Waals surface area contributed by atoms with Crippen LogP contribution in [-0.4, -0.2) is 18.6 Å². The highest BCUT2D eigenvalue weighted by atomic mass is 15.2. The fourth-order valence-electron chi connectivity index (χ4n) is 2.40. The van der Waals surface area contributed by atoms with E-state index in [1.807, 2.05) is 12.1 Å². The van der Waals surface area contributed by atoms with Crippen molar-refractivity contribution in [2.24, 2.45) is 11.7 Å². The Morgan fingerprint density at radius 2 is 2.11 bits per heavy atom. The molecule has 0 spiro atoms. The third-order valence-corrected chi connectivity index (χ3v) is 3.59. The van der Waals surface area contributed by atoms with E-state index in [1.54, 1.807) is 0 Å². The van der Waals surface area contributed by atoms with Gasteiger partial charge in [0.1, 0.15) is 5.82 Å². The standard InChI is InChI=1S/C15H19N3/c1-18(10-11-6-7-11)15-13(9-16)8-12-4-2-3-5-14(12)17-15/h2-5,8,11H,6-7,9-10,16H2,1H3. The van der Waals surface area contributed by atoms with Gasteiger partial charge in [-0.2, -0.15) is 0 Å². The van der Waals surface area contributed by atoms with E-state index < -0.39 is 0 Å². The number of nitrogens with zero attached hydrogens (tertiary/aromatic N) is 2. The number of anilines is 1. The molecule has 0 amide bonds. The van der Waals surface area contributed by atoms with Gasteiger partial charge in [-0.1, -0.05) is 18.2 Å². The molecule has 1 fully saturated rings. The van der Waals surface area contributed by atoms with Crippen molar-refractivity contribution in [1.29, 1.82) is 0 Å². The molecule has 1 aliphatic rings. The van der Waals surface area contributed by atoms with Crippen LogP contribution in [0, 0.1) is 5.92 Å². The molecule has 1 aromatic heterocycles. The molecule has 0 bridgehead atoms. The first-order valence-corrected chi connectivity index (χ1v) is 6.58. The number of fused-ring (bicyclic) bond motifs is 1. The lowest BCUT2D eigenvalue weighted by atomic mass is 10.1. The maximum absolute atomic E-state index is 5.86. The zero-order valence-electron chi connectivity index (χ0n) is 10.8. The number of pyridine rings is 1. The minimum absolute atomic E-state index is 0.544. The van der Waals surface area contributed by atoms with Gasteiger partial charge in [-0.15, -0.1) is 0 Å². The van der Waals surface area contributed by atoms with Gasteiger partial charge < -0.3 is 10.6 Å². The summed E-state index contributed by atoms with van der Waals surface area (Å²) in [5.41, 5.74) is 8.04. The molecule has 3 rings (SSSR count). The molecule has 1 saturated carbocycles. The highest BCUT2D eigenvalue weighted by Gasteiger charge is 2.24. The topological polar surface area (TPSA) is 42.2 Å². The number of nitrogens with two attached hydrogens (primary N) is 1. The summed E-state index contributed by atoms with van der Waals surface area (Å²) in [5.74, 6) is 1.90. The van der Waals surface area contributed by atoms with Crippen LogP contribution < -0.4 is 10.6 Å². The highest BCUT2D eigenvalue weighted by Crippen LogP contribution is 2.31. The Labute approximate surface area is 108 Å². The Balaban J connectivity index is 2.01. The first kappa shape index (κ1) is 11.5. The van der Waals surface area contributed by atoms with E-state index in [9.17, 15) is 0 Å². The van der Waals surface area contributed by atoms with Crippen LogP contribution in [-0.2, 0) is 6.54 Å². The fourth-order valence-corrected chi connectivity index (χ4v) is 2.40. The number of para-hydroxylation sites is 1. The third kappa shape index (κ3) is 2.18. The van der Waals surface area contributed by atoms with E-state index in [0.29, 0.717) is 6.54 Å². The van der Waals surface area contributed by atoms with Crippen molar-refractivity contribution < 1.29 is 0 Å². The minimum Gasteiger partial charge on any atom is -0.359 e. The van der Waals surface area contributed by atoms with Gasteiger partial charge in [0.15, 0.2) is 0 Å². The lowest BCUT2D eigenvalue weighted by Crippen LogP contribution is -2.23. The van der Waals surface area contributed by atoms with Gasteiger partial charge in [0.05, 0.1) is 5.52 Å². The first-order chi connectivity index (χ1) is 8.78. The molecule has 0 unspecified atom stereocenters. The minimum atomic E-state index is 0.544. The van der Waals surface area contributed by atoms with Crippen LogP contribution in [0.15, 0.2) is 30.3 Å². The molecule has 18 heavy (non-hydrogen) atoms. The van der Waals surface area contributed by atoms with E-state index in [-0.39, 0.29) is 0 Å². The van der Waals surface area contributed by atoms with Crippen molar-refractivity contribution in [3.05, 3.63) is 35.9 Å². The van der Waals surface area contributed by atoms with E-state index in [1.165, 1.54) is 18.2 Å². The predicted molar refractivity (Wildman–Crippen MR) is 75.6 cm³/mol. The van der Waals surface area contributed by atoms with Crippen LogP contribution >= 0.6 is 0 Å². The number of hydrogen-bond acceptors (Lipinski definition) is 3. The largest absolute Gasteiger partial charge is 0.359 e. The van der Waals surface area contributed by atoms with Crippen LogP contribution in [0.3, 0.4) is 0 Å². The van der Waals surface area contributed by atoms with Gasteiger partial charge in [0.2, 0.25) is 0 Å². The Hall–Kier alpha value is -1.61. The number of rotatable bonds is 4. The average Bonchev–Trinajstić information content (AvgIpc) is 3.21. The Kier molecular flexibility index (Phi) is 2.92. The second-order valence-corrected chi connectivity index (χ2v) is 5.19. The molecule has 2 N–H and O–H groups in total. The SMILES string of the molecule is CN(CC1CC1)c1nc2ccccc2cc1CN. The van der Waals surface area contributed by atoms with Gasteiger partial charge in [0.25, 0.3) is 0 Å². The van der Waals surface area contributed by atoms with Crippen molar-refractivity contribution in [3.63, 3.8) is 0 Å². The van der Waals surface area contributed by atoms with Crippen molar-refractivity contribution >= 4 is 16.7 Å². The molecule has 3 nitrogen and oxygen atoms in total. The summed E-state index contributed by atoms with van der Waals surface area (Å²) < 4.78 is 0. The highest BCUT2D eigenvalue weighted by molar-refractivity contribution is 5.81. The second-order valence-electron chi connectivity index (χ2n) is 5.19. The van der Waals surface area contributed by atoms with Gasteiger partial charge in [-0.3, -0.25) is 0 Å². The molecule has 0 radical (unpaired) electrons. The van der Waals surface area contributed by atoms with Crippen LogP contribution in [0.4, 0.5) is 5.82 Å². The van der Waals surface area contributed by atoms with E-state index in [0.717, 1.165) is 29.4 Å². The first-order valence-electron chi connectivity index (χ1n) is 6.58. The zero-order chi connectivity index (χ0) is 12.5. The molecule has 0 aliphatic heterocycles. The average molecular weight is 241 g/mol. The molecule has 1 aromatic carbocycles. The summed E-state index contributed by atoms with van der Waals surface area (Å²) in [6.45, 7) is 1.64. The summed E-state index contributed by atoms with van der Waals surface area (Å²) in [5, 5.41) is 1.17. The van der Waals surface area contributed by atoms with E-state index >= 15 is 0 Å². The lowest BCUT2D eigenvalue weighted by Gasteiger charge is -2.21. The van der Waals surface area contributed by atoms with E-state index in [2.05, 4.69) is 30.1 Å². The number of hydrogen-bond donors (Lipinski definition) is 1. The molecule has 2 aromatic rings. The molecule has 0 saturated heterocycles. The smallest absolute Gasteiger partial charge is 0.133 e. The lowest BCUT2D eigenvalue weighted by molar-refractivity contribution is 0.773. The summed E-state index contributed by atoms with van der Waals surface area (Å²) in [6, 6.07) is 10.4. The molecular weight excluding hydrogens is 222 g/mol. The summed E-state index contributed by atoms with van der Waals surface area (Å²) in [6.07, 6.45) is 2.71. The maximum atomic E-state index is 5.86. The second kappa shape index (κ2) is 4.58. The van der Waals surface area contributed by atoms with Gasteiger partial charge in [-0.05, 0) is 30.9 Å². The summed E-state index contributed by atoms with van der Waals surface area (Å²) in [7, 11) is 2.12. The molecular formula is C15H19N3. The quantitative estimate of drug-likeness (QED) is 0.894. The van der Waals surface area contributed by atoms with Gasteiger partial charge in [0, 0.05) is 31.1 Å².